The zero-order valence-corrected chi connectivity index (χ0v) is 13.2. The number of ether oxygens (including phenoxy) is 1. The topological polar surface area (TPSA) is 41.6 Å². The summed E-state index contributed by atoms with van der Waals surface area (Å²) < 4.78 is 5.80. The summed E-state index contributed by atoms with van der Waals surface area (Å²) in [4.78, 5) is 14.8. The number of carbonyl (C=O) groups excluding carboxylic acids is 1. The second kappa shape index (κ2) is 7.41. The van der Waals surface area contributed by atoms with E-state index in [0.29, 0.717) is 5.91 Å². The van der Waals surface area contributed by atoms with Gasteiger partial charge in [0.25, 0.3) is 0 Å². The van der Waals surface area contributed by atoms with Crippen LogP contribution in [0.25, 0.3) is 0 Å². The van der Waals surface area contributed by atoms with Gasteiger partial charge in [-0.1, -0.05) is 33.1 Å². The summed E-state index contributed by atoms with van der Waals surface area (Å²) in [5, 5.41) is 3.55. The van der Waals surface area contributed by atoms with Gasteiger partial charge in [-0.05, 0) is 32.6 Å². The van der Waals surface area contributed by atoms with Crippen molar-refractivity contribution in [2.45, 2.75) is 90.1 Å². The maximum atomic E-state index is 12.7. The van der Waals surface area contributed by atoms with Crippen LogP contribution in [0.5, 0.6) is 0 Å². The summed E-state index contributed by atoms with van der Waals surface area (Å²) in [5.41, 5.74) is 0. The van der Waals surface area contributed by atoms with E-state index in [2.05, 4.69) is 31.0 Å². The monoisotopic (exact) mass is 282 g/mol. The molecular weight excluding hydrogens is 252 g/mol. The number of nitrogens with one attached hydrogen (secondary N) is 1. The van der Waals surface area contributed by atoms with Gasteiger partial charge in [-0.3, -0.25) is 10.1 Å². The zero-order valence-electron chi connectivity index (χ0n) is 13.2. The third kappa shape index (κ3) is 3.34. The van der Waals surface area contributed by atoms with Crippen LogP contribution in [-0.4, -0.2) is 41.8 Å². The van der Waals surface area contributed by atoms with E-state index in [0.717, 1.165) is 51.6 Å². The van der Waals surface area contributed by atoms with Crippen LogP contribution in [-0.2, 0) is 9.53 Å². The Labute approximate surface area is 123 Å². The van der Waals surface area contributed by atoms with E-state index in [-0.39, 0.29) is 24.4 Å². The summed E-state index contributed by atoms with van der Waals surface area (Å²) in [7, 11) is 0. The van der Waals surface area contributed by atoms with Crippen molar-refractivity contribution >= 4 is 5.91 Å². The standard InChI is InChI=1S/C16H30N2O2/c1-4-6-9-13-16(19)18(15(17-13)8-5-2)12(3)14-10-7-11-20-14/h12-15,17H,4-11H2,1-3H3. The summed E-state index contributed by atoms with van der Waals surface area (Å²) in [6.45, 7) is 7.36. The molecule has 2 fully saturated rings. The van der Waals surface area contributed by atoms with Crippen molar-refractivity contribution in [2.24, 2.45) is 0 Å². The second-order valence-corrected chi connectivity index (χ2v) is 6.20. The van der Waals surface area contributed by atoms with Gasteiger partial charge < -0.3 is 9.64 Å². The van der Waals surface area contributed by atoms with Gasteiger partial charge in [-0.15, -0.1) is 0 Å². The van der Waals surface area contributed by atoms with Crippen LogP contribution in [0.15, 0.2) is 0 Å². The van der Waals surface area contributed by atoms with Gasteiger partial charge in [0.15, 0.2) is 0 Å². The lowest BCUT2D eigenvalue weighted by Crippen LogP contribution is -2.48. The minimum Gasteiger partial charge on any atom is -0.376 e. The van der Waals surface area contributed by atoms with Crippen molar-refractivity contribution in [3.63, 3.8) is 0 Å². The Bertz CT molecular complexity index is 316. The van der Waals surface area contributed by atoms with Crippen LogP contribution in [0.4, 0.5) is 0 Å². The molecule has 1 N–H and O–H groups in total. The van der Waals surface area contributed by atoms with Gasteiger partial charge in [-0.25, -0.2) is 0 Å². The molecule has 2 aliphatic rings. The van der Waals surface area contributed by atoms with Crippen molar-refractivity contribution < 1.29 is 9.53 Å². The van der Waals surface area contributed by atoms with E-state index in [4.69, 9.17) is 4.74 Å². The highest BCUT2D eigenvalue weighted by molar-refractivity contribution is 5.84. The van der Waals surface area contributed by atoms with E-state index in [1.807, 2.05) is 0 Å². The first-order valence-corrected chi connectivity index (χ1v) is 8.38. The highest BCUT2D eigenvalue weighted by Crippen LogP contribution is 2.27. The lowest BCUT2D eigenvalue weighted by atomic mass is 10.1. The predicted molar refractivity (Wildman–Crippen MR) is 80.4 cm³/mol. The maximum Gasteiger partial charge on any atom is 0.241 e. The molecule has 4 heteroatoms. The second-order valence-electron chi connectivity index (χ2n) is 6.20. The molecule has 2 saturated heterocycles. The fourth-order valence-corrected chi connectivity index (χ4v) is 3.47. The van der Waals surface area contributed by atoms with Crippen LogP contribution < -0.4 is 5.32 Å². The number of nitrogens with zero attached hydrogens (tertiary/aromatic N) is 1. The molecular formula is C16H30N2O2. The van der Waals surface area contributed by atoms with Crippen LogP contribution in [0.3, 0.4) is 0 Å². The Balaban J connectivity index is 2.03. The first-order chi connectivity index (χ1) is 9.69. The predicted octanol–water partition coefficient (Wildman–Crippen LogP) is 2.67. The summed E-state index contributed by atoms with van der Waals surface area (Å²) in [6.07, 6.45) is 8.00. The molecule has 2 heterocycles. The smallest absolute Gasteiger partial charge is 0.241 e. The first kappa shape index (κ1) is 15.8. The van der Waals surface area contributed by atoms with E-state index in [1.165, 1.54) is 0 Å². The summed E-state index contributed by atoms with van der Waals surface area (Å²) >= 11 is 0. The van der Waals surface area contributed by atoms with Crippen LogP contribution >= 0.6 is 0 Å². The molecule has 0 radical (unpaired) electrons. The van der Waals surface area contributed by atoms with Gasteiger partial charge in [0, 0.05) is 6.61 Å². The summed E-state index contributed by atoms with van der Waals surface area (Å²) in [5.74, 6) is 0.292. The number of unbranched alkanes of at least 4 members (excludes halogenated alkanes) is 1. The largest absolute Gasteiger partial charge is 0.376 e. The molecule has 4 nitrogen and oxygen atoms in total. The number of hydrogen-bond donors (Lipinski definition) is 1. The van der Waals surface area contributed by atoms with Gasteiger partial charge >= 0.3 is 0 Å². The Morgan fingerprint density at radius 3 is 2.75 bits per heavy atom. The van der Waals surface area contributed by atoms with Crippen LogP contribution in [0, 0.1) is 0 Å². The Morgan fingerprint density at radius 1 is 1.35 bits per heavy atom. The van der Waals surface area contributed by atoms with Crippen molar-refractivity contribution in [3.05, 3.63) is 0 Å². The fraction of sp³-hybridized carbons (Fsp3) is 0.938. The lowest BCUT2D eigenvalue weighted by Gasteiger charge is -2.33. The third-order valence-corrected chi connectivity index (χ3v) is 4.63. The highest BCUT2D eigenvalue weighted by atomic mass is 16.5. The molecule has 4 unspecified atom stereocenters. The molecule has 2 rings (SSSR count). The van der Waals surface area contributed by atoms with Gasteiger partial charge in [0.1, 0.15) is 0 Å². The molecule has 0 bridgehead atoms. The minimum atomic E-state index is 0.0235. The molecule has 1 amide bonds. The van der Waals surface area contributed by atoms with E-state index >= 15 is 0 Å². The van der Waals surface area contributed by atoms with Gasteiger partial charge in [-0.2, -0.15) is 0 Å². The molecule has 4 atom stereocenters. The molecule has 0 spiro atoms. The lowest BCUT2D eigenvalue weighted by molar-refractivity contribution is -0.134. The number of hydrogen-bond acceptors (Lipinski definition) is 3. The SMILES string of the molecule is CCCCC1NC(CCC)N(C(C)C2CCCO2)C1=O. The zero-order chi connectivity index (χ0) is 14.5. The van der Waals surface area contributed by atoms with E-state index < -0.39 is 0 Å². The normalized spacial score (nSPS) is 32.0. The maximum absolute atomic E-state index is 12.7. The van der Waals surface area contributed by atoms with Crippen molar-refractivity contribution in [2.75, 3.05) is 6.61 Å². The molecule has 116 valence electrons. The molecule has 0 aromatic rings. The first-order valence-electron chi connectivity index (χ1n) is 8.38. The van der Waals surface area contributed by atoms with Gasteiger partial charge in [0.05, 0.1) is 24.4 Å². The Hall–Kier alpha value is -0.610. The average Bonchev–Trinajstić information content (AvgIpc) is 3.05. The fourth-order valence-electron chi connectivity index (χ4n) is 3.47. The molecule has 20 heavy (non-hydrogen) atoms. The average molecular weight is 282 g/mol. The molecule has 0 aliphatic carbocycles. The van der Waals surface area contributed by atoms with Crippen LogP contribution in [0.2, 0.25) is 0 Å². The van der Waals surface area contributed by atoms with Gasteiger partial charge in [0.2, 0.25) is 5.91 Å². The number of amides is 1. The molecule has 0 aromatic carbocycles. The van der Waals surface area contributed by atoms with Crippen LogP contribution in [0.1, 0.15) is 65.7 Å². The Morgan fingerprint density at radius 2 is 2.15 bits per heavy atom. The molecule has 0 aromatic heterocycles. The quantitative estimate of drug-likeness (QED) is 0.780. The summed E-state index contributed by atoms with van der Waals surface area (Å²) in [6, 6.07) is 0.219. The third-order valence-electron chi connectivity index (χ3n) is 4.63. The highest BCUT2D eigenvalue weighted by Gasteiger charge is 2.42. The van der Waals surface area contributed by atoms with Crippen molar-refractivity contribution in [1.82, 2.24) is 10.2 Å². The van der Waals surface area contributed by atoms with E-state index in [1.54, 1.807) is 0 Å². The molecule has 0 saturated carbocycles. The number of carbonyl (C=O) groups is 1. The van der Waals surface area contributed by atoms with Crippen molar-refractivity contribution in [1.29, 1.82) is 0 Å². The van der Waals surface area contributed by atoms with E-state index in [9.17, 15) is 4.79 Å². The van der Waals surface area contributed by atoms with Crippen molar-refractivity contribution in [3.8, 4) is 0 Å². The number of rotatable bonds is 7. The Kier molecular flexibility index (Phi) is 5.85. The molecule has 2 aliphatic heterocycles. The minimum absolute atomic E-state index is 0.0235.